The third-order valence-corrected chi connectivity index (χ3v) is 4.95. The van der Waals surface area contributed by atoms with Gasteiger partial charge < -0.3 is 15.5 Å². The normalized spacial score (nSPS) is 26.5. The van der Waals surface area contributed by atoms with E-state index in [4.69, 9.17) is 0 Å². The van der Waals surface area contributed by atoms with Crippen LogP contribution in [0.25, 0.3) is 0 Å². The average Bonchev–Trinajstić information content (AvgIpc) is 3.16. The van der Waals surface area contributed by atoms with E-state index >= 15 is 0 Å². The van der Waals surface area contributed by atoms with Gasteiger partial charge in [0, 0.05) is 36.8 Å². The number of benzene rings is 1. The number of fused-ring (bicyclic) bond motifs is 1. The largest absolute Gasteiger partial charge is 0.381 e. The lowest BCUT2D eigenvalue weighted by Gasteiger charge is -2.29. The van der Waals surface area contributed by atoms with Crippen molar-refractivity contribution in [1.29, 1.82) is 0 Å². The summed E-state index contributed by atoms with van der Waals surface area (Å²) in [5.41, 5.74) is 2.58. The number of nitrogens with one attached hydrogen (secondary N) is 3. The van der Waals surface area contributed by atoms with Crippen molar-refractivity contribution in [2.45, 2.75) is 37.9 Å². The van der Waals surface area contributed by atoms with Gasteiger partial charge >= 0.3 is 0 Å². The molecule has 0 saturated carbocycles. The van der Waals surface area contributed by atoms with Crippen molar-refractivity contribution in [1.82, 2.24) is 15.5 Å². The van der Waals surface area contributed by atoms with Crippen molar-refractivity contribution >= 4 is 23.4 Å². The highest BCUT2D eigenvalue weighted by Gasteiger charge is 2.39. The molecular weight excluding hydrogens is 308 g/mol. The molecule has 1 aromatic carbocycles. The van der Waals surface area contributed by atoms with Crippen molar-refractivity contribution < 1.29 is 14.4 Å². The highest BCUT2D eigenvalue weighted by Crippen LogP contribution is 2.29. The maximum absolute atomic E-state index is 12.6. The standard InChI is InChI=1S/C17H20N4O3/c22-15-4-3-14(16(23)20-15)21-9-10-7-11(1-2-13(10)17(21)24)19-12-5-6-18-8-12/h1-2,7,12,14,18-19H,3-6,8-9H2,(H,20,22,23)/t12-,14?/m0/s1. The van der Waals surface area contributed by atoms with Crippen LogP contribution in [0.5, 0.6) is 0 Å². The first-order chi connectivity index (χ1) is 11.6. The lowest BCUT2D eigenvalue weighted by Crippen LogP contribution is -2.52. The second-order valence-corrected chi connectivity index (χ2v) is 6.61. The molecule has 3 heterocycles. The van der Waals surface area contributed by atoms with Gasteiger partial charge in [-0.3, -0.25) is 19.7 Å². The molecule has 4 rings (SSSR count). The molecule has 0 spiro atoms. The molecule has 24 heavy (non-hydrogen) atoms. The minimum Gasteiger partial charge on any atom is -0.381 e. The first kappa shape index (κ1) is 15.1. The molecular formula is C17H20N4O3. The van der Waals surface area contributed by atoms with E-state index in [1.54, 1.807) is 4.90 Å². The van der Waals surface area contributed by atoms with E-state index in [2.05, 4.69) is 16.0 Å². The van der Waals surface area contributed by atoms with Gasteiger partial charge in [0.2, 0.25) is 11.8 Å². The summed E-state index contributed by atoms with van der Waals surface area (Å²) in [5.74, 6) is -0.770. The SMILES string of the molecule is O=C1CCC(N2Cc3cc(N[C@H]4CCNC4)ccc3C2=O)C(=O)N1. The molecule has 3 aliphatic heterocycles. The molecule has 126 valence electrons. The second kappa shape index (κ2) is 5.90. The van der Waals surface area contributed by atoms with E-state index in [1.807, 2.05) is 18.2 Å². The van der Waals surface area contributed by atoms with Crippen molar-refractivity contribution in [2.75, 3.05) is 18.4 Å². The van der Waals surface area contributed by atoms with Gasteiger partial charge in [-0.05, 0) is 43.1 Å². The van der Waals surface area contributed by atoms with Crippen LogP contribution in [0, 0.1) is 0 Å². The third-order valence-electron chi connectivity index (χ3n) is 4.95. The monoisotopic (exact) mass is 328 g/mol. The lowest BCUT2D eigenvalue weighted by atomic mass is 10.0. The van der Waals surface area contributed by atoms with Gasteiger partial charge in [0.05, 0.1) is 0 Å². The third kappa shape index (κ3) is 2.65. The van der Waals surface area contributed by atoms with Gasteiger partial charge in [0.25, 0.3) is 5.91 Å². The highest BCUT2D eigenvalue weighted by molar-refractivity contribution is 6.05. The number of imide groups is 1. The van der Waals surface area contributed by atoms with Crippen LogP contribution >= 0.6 is 0 Å². The van der Waals surface area contributed by atoms with E-state index in [0.717, 1.165) is 30.8 Å². The quantitative estimate of drug-likeness (QED) is 0.691. The number of hydrogen-bond acceptors (Lipinski definition) is 5. The Morgan fingerprint density at radius 2 is 2.04 bits per heavy atom. The first-order valence-electron chi connectivity index (χ1n) is 8.36. The minimum atomic E-state index is -0.557. The molecule has 1 aromatic rings. The predicted molar refractivity (Wildman–Crippen MR) is 87.4 cm³/mol. The summed E-state index contributed by atoms with van der Waals surface area (Å²) >= 11 is 0. The second-order valence-electron chi connectivity index (χ2n) is 6.61. The number of nitrogens with zero attached hydrogens (tertiary/aromatic N) is 1. The molecule has 0 aliphatic carbocycles. The fraction of sp³-hybridized carbons (Fsp3) is 0.471. The molecule has 2 atom stereocenters. The Balaban J connectivity index is 1.51. The number of carbonyl (C=O) groups excluding carboxylic acids is 3. The van der Waals surface area contributed by atoms with Crippen LogP contribution in [-0.2, 0) is 16.1 Å². The van der Waals surface area contributed by atoms with Gasteiger partial charge in [-0.2, -0.15) is 0 Å². The van der Waals surface area contributed by atoms with Crippen LogP contribution < -0.4 is 16.0 Å². The Morgan fingerprint density at radius 3 is 2.79 bits per heavy atom. The van der Waals surface area contributed by atoms with Crippen molar-refractivity contribution in [3.05, 3.63) is 29.3 Å². The topological polar surface area (TPSA) is 90.5 Å². The van der Waals surface area contributed by atoms with Gasteiger partial charge in [0.15, 0.2) is 0 Å². The Kier molecular flexibility index (Phi) is 3.72. The Morgan fingerprint density at radius 1 is 1.17 bits per heavy atom. The van der Waals surface area contributed by atoms with Crippen molar-refractivity contribution in [3.63, 3.8) is 0 Å². The predicted octanol–water partition coefficient (Wildman–Crippen LogP) is 0.221. The molecule has 1 unspecified atom stereocenters. The van der Waals surface area contributed by atoms with Gasteiger partial charge in [-0.25, -0.2) is 0 Å². The van der Waals surface area contributed by atoms with E-state index in [0.29, 0.717) is 24.6 Å². The summed E-state index contributed by atoms with van der Waals surface area (Å²) in [7, 11) is 0. The zero-order valence-electron chi connectivity index (χ0n) is 13.3. The van der Waals surface area contributed by atoms with E-state index < -0.39 is 6.04 Å². The molecule has 3 aliphatic rings. The summed E-state index contributed by atoms with van der Waals surface area (Å²) in [6.07, 6.45) is 1.75. The molecule has 3 N–H and O–H groups in total. The van der Waals surface area contributed by atoms with E-state index in [1.165, 1.54) is 0 Å². The van der Waals surface area contributed by atoms with E-state index in [9.17, 15) is 14.4 Å². The highest BCUT2D eigenvalue weighted by atomic mass is 16.2. The number of amides is 3. The molecule has 2 fully saturated rings. The molecule has 0 aromatic heterocycles. The average molecular weight is 328 g/mol. The van der Waals surface area contributed by atoms with Crippen LogP contribution in [-0.4, -0.2) is 47.8 Å². The Hall–Kier alpha value is -2.41. The summed E-state index contributed by atoms with van der Waals surface area (Å²) < 4.78 is 0. The number of hydrogen-bond donors (Lipinski definition) is 3. The van der Waals surface area contributed by atoms with Crippen molar-refractivity contribution in [2.24, 2.45) is 0 Å². The summed E-state index contributed by atoms with van der Waals surface area (Å²) in [6.45, 7) is 2.38. The number of piperidine rings is 1. The number of rotatable bonds is 3. The Labute approximate surface area is 139 Å². The summed E-state index contributed by atoms with van der Waals surface area (Å²) in [4.78, 5) is 37.5. The fourth-order valence-electron chi connectivity index (χ4n) is 3.68. The zero-order chi connectivity index (χ0) is 16.7. The van der Waals surface area contributed by atoms with Crippen LogP contribution in [0.2, 0.25) is 0 Å². The Bertz CT molecular complexity index is 712. The smallest absolute Gasteiger partial charge is 0.255 e. The molecule has 7 nitrogen and oxygen atoms in total. The number of anilines is 1. The molecule has 0 radical (unpaired) electrons. The van der Waals surface area contributed by atoms with E-state index in [-0.39, 0.29) is 24.1 Å². The summed E-state index contributed by atoms with van der Waals surface area (Å²) in [5, 5.41) is 9.11. The van der Waals surface area contributed by atoms with Crippen molar-refractivity contribution in [3.8, 4) is 0 Å². The van der Waals surface area contributed by atoms with Crippen LogP contribution in [0.15, 0.2) is 18.2 Å². The molecule has 0 bridgehead atoms. The summed E-state index contributed by atoms with van der Waals surface area (Å²) in [6, 6.07) is 5.60. The molecule has 7 heteroatoms. The van der Waals surface area contributed by atoms with Gasteiger partial charge in [-0.15, -0.1) is 0 Å². The van der Waals surface area contributed by atoms with Crippen LogP contribution in [0.1, 0.15) is 35.2 Å². The maximum atomic E-state index is 12.6. The van der Waals surface area contributed by atoms with Crippen LogP contribution in [0.4, 0.5) is 5.69 Å². The molecule has 3 amide bonds. The van der Waals surface area contributed by atoms with Crippen LogP contribution in [0.3, 0.4) is 0 Å². The lowest BCUT2D eigenvalue weighted by molar-refractivity contribution is -0.136. The maximum Gasteiger partial charge on any atom is 0.255 e. The first-order valence-corrected chi connectivity index (χ1v) is 8.36. The zero-order valence-corrected chi connectivity index (χ0v) is 13.3. The minimum absolute atomic E-state index is 0.131. The molecule has 2 saturated heterocycles. The van der Waals surface area contributed by atoms with Gasteiger partial charge in [-0.1, -0.05) is 0 Å². The fourth-order valence-corrected chi connectivity index (χ4v) is 3.68. The van der Waals surface area contributed by atoms with Gasteiger partial charge in [0.1, 0.15) is 6.04 Å². The number of carbonyl (C=O) groups is 3.